The molecule has 0 N–H and O–H groups in total. The van der Waals surface area contributed by atoms with E-state index in [1.54, 1.807) is 0 Å². The number of aryl methyl sites for hydroxylation is 1. The highest BCUT2D eigenvalue weighted by atomic mass is 16.5. The molecule has 0 aliphatic carbocycles. The quantitative estimate of drug-likeness (QED) is 0.845. The van der Waals surface area contributed by atoms with E-state index in [9.17, 15) is 4.79 Å². The number of carbonyl (C=O) groups excluding carboxylic acids is 1. The lowest BCUT2D eigenvalue weighted by Gasteiger charge is -2.34. The van der Waals surface area contributed by atoms with Gasteiger partial charge in [0.15, 0.2) is 0 Å². The third kappa shape index (κ3) is 3.31. The summed E-state index contributed by atoms with van der Waals surface area (Å²) < 4.78 is 5.51. The monoisotopic (exact) mass is 276 g/mol. The van der Waals surface area contributed by atoms with Crippen LogP contribution in [0.5, 0.6) is 5.75 Å². The summed E-state index contributed by atoms with van der Waals surface area (Å²) in [6.07, 6.45) is 0. The average molecular weight is 276 g/mol. The van der Waals surface area contributed by atoms with Crippen LogP contribution in [0.3, 0.4) is 0 Å². The number of benzene rings is 1. The molecule has 0 radical (unpaired) electrons. The third-order valence-corrected chi connectivity index (χ3v) is 3.83. The lowest BCUT2D eigenvalue weighted by molar-refractivity contribution is 0.0643. The zero-order valence-electron chi connectivity index (χ0n) is 12.7. The summed E-state index contributed by atoms with van der Waals surface area (Å²) in [7, 11) is 0. The van der Waals surface area contributed by atoms with Gasteiger partial charge in [-0.3, -0.25) is 4.79 Å². The molecule has 0 unspecified atom stereocenters. The zero-order valence-corrected chi connectivity index (χ0v) is 12.7. The largest absolute Gasteiger partial charge is 0.494 e. The number of hydrogen-bond donors (Lipinski definition) is 0. The van der Waals surface area contributed by atoms with Crippen LogP contribution in [0.25, 0.3) is 0 Å². The van der Waals surface area contributed by atoms with Crippen molar-refractivity contribution >= 4 is 5.91 Å². The Morgan fingerprint density at radius 1 is 1.20 bits per heavy atom. The summed E-state index contributed by atoms with van der Waals surface area (Å²) in [6, 6.07) is 5.69. The number of hydrogen-bond acceptors (Lipinski definition) is 3. The average Bonchev–Trinajstić information content (AvgIpc) is 2.49. The summed E-state index contributed by atoms with van der Waals surface area (Å²) in [5, 5.41) is 0. The van der Waals surface area contributed by atoms with E-state index in [0.29, 0.717) is 6.61 Å². The minimum absolute atomic E-state index is 0.131. The van der Waals surface area contributed by atoms with Crippen LogP contribution >= 0.6 is 0 Å². The maximum Gasteiger partial charge on any atom is 0.253 e. The summed E-state index contributed by atoms with van der Waals surface area (Å²) in [6.45, 7) is 11.4. The van der Waals surface area contributed by atoms with Crippen LogP contribution in [0.1, 0.15) is 29.8 Å². The number of likely N-dealkylation sites (N-methyl/N-ethyl adjacent to an activating group) is 1. The van der Waals surface area contributed by atoms with E-state index in [1.165, 1.54) is 0 Å². The summed E-state index contributed by atoms with van der Waals surface area (Å²) >= 11 is 0. The molecule has 1 aromatic carbocycles. The van der Waals surface area contributed by atoms with Crippen LogP contribution in [0.2, 0.25) is 0 Å². The van der Waals surface area contributed by atoms with Crippen molar-refractivity contribution in [3.05, 3.63) is 29.3 Å². The first kappa shape index (κ1) is 14.9. The lowest BCUT2D eigenvalue weighted by atomic mass is 10.1. The molecule has 1 fully saturated rings. The minimum atomic E-state index is 0.131. The maximum absolute atomic E-state index is 12.5. The Morgan fingerprint density at radius 2 is 1.90 bits per heavy atom. The fourth-order valence-corrected chi connectivity index (χ4v) is 2.55. The second kappa shape index (κ2) is 6.75. The standard InChI is InChI=1S/C16H24N2O2/c1-4-17-8-10-18(11-9-17)16(19)14-6-7-15(20-5-2)13(3)12-14/h6-7,12H,4-5,8-11H2,1-3H3. The van der Waals surface area contributed by atoms with Gasteiger partial charge >= 0.3 is 0 Å². The van der Waals surface area contributed by atoms with Crippen molar-refractivity contribution in [1.82, 2.24) is 9.80 Å². The van der Waals surface area contributed by atoms with Crippen molar-refractivity contribution in [2.75, 3.05) is 39.3 Å². The molecule has 2 rings (SSSR count). The normalized spacial score (nSPS) is 16.2. The molecule has 0 bridgehead atoms. The molecule has 0 saturated carbocycles. The maximum atomic E-state index is 12.5. The van der Waals surface area contributed by atoms with Crippen molar-refractivity contribution in [3.8, 4) is 5.75 Å². The predicted molar refractivity (Wildman–Crippen MR) is 80.4 cm³/mol. The number of piperazine rings is 1. The number of ether oxygens (including phenoxy) is 1. The highest BCUT2D eigenvalue weighted by Gasteiger charge is 2.21. The van der Waals surface area contributed by atoms with Gasteiger partial charge in [-0.2, -0.15) is 0 Å². The summed E-state index contributed by atoms with van der Waals surface area (Å²) in [5.74, 6) is 0.992. The second-order valence-electron chi connectivity index (χ2n) is 5.14. The van der Waals surface area contributed by atoms with E-state index in [1.807, 2.05) is 36.9 Å². The fraction of sp³-hybridized carbons (Fsp3) is 0.562. The van der Waals surface area contributed by atoms with E-state index in [0.717, 1.165) is 49.6 Å². The van der Waals surface area contributed by atoms with Gasteiger partial charge in [-0.05, 0) is 44.2 Å². The van der Waals surface area contributed by atoms with Crippen LogP contribution < -0.4 is 4.74 Å². The van der Waals surface area contributed by atoms with E-state index in [2.05, 4.69) is 11.8 Å². The molecule has 1 amide bonds. The first-order valence-corrected chi connectivity index (χ1v) is 7.40. The van der Waals surface area contributed by atoms with E-state index in [4.69, 9.17) is 4.74 Å². The molecule has 0 aromatic heterocycles. The van der Waals surface area contributed by atoms with E-state index < -0.39 is 0 Å². The topological polar surface area (TPSA) is 32.8 Å². The van der Waals surface area contributed by atoms with Crippen molar-refractivity contribution in [1.29, 1.82) is 0 Å². The second-order valence-corrected chi connectivity index (χ2v) is 5.14. The molecule has 4 heteroatoms. The van der Waals surface area contributed by atoms with E-state index in [-0.39, 0.29) is 5.91 Å². The number of amides is 1. The fourth-order valence-electron chi connectivity index (χ4n) is 2.55. The van der Waals surface area contributed by atoms with Crippen LogP contribution in [0.15, 0.2) is 18.2 Å². The molecular formula is C16H24N2O2. The van der Waals surface area contributed by atoms with Gasteiger partial charge in [-0.1, -0.05) is 6.92 Å². The number of rotatable bonds is 4. The SMILES string of the molecule is CCOc1ccc(C(=O)N2CCN(CC)CC2)cc1C. The molecule has 20 heavy (non-hydrogen) atoms. The molecule has 1 aliphatic heterocycles. The lowest BCUT2D eigenvalue weighted by Crippen LogP contribution is -2.48. The Balaban J connectivity index is 2.04. The Labute approximate surface area is 121 Å². The van der Waals surface area contributed by atoms with Crippen molar-refractivity contribution in [2.45, 2.75) is 20.8 Å². The van der Waals surface area contributed by atoms with Gasteiger partial charge in [0.25, 0.3) is 5.91 Å². The highest BCUT2D eigenvalue weighted by Crippen LogP contribution is 2.20. The van der Waals surface area contributed by atoms with E-state index >= 15 is 0 Å². The van der Waals surface area contributed by atoms with Gasteiger partial charge in [0, 0.05) is 31.7 Å². The smallest absolute Gasteiger partial charge is 0.253 e. The number of nitrogens with zero attached hydrogens (tertiary/aromatic N) is 2. The molecule has 4 nitrogen and oxygen atoms in total. The van der Waals surface area contributed by atoms with Gasteiger partial charge < -0.3 is 14.5 Å². The summed E-state index contributed by atoms with van der Waals surface area (Å²) in [5.41, 5.74) is 1.78. The van der Waals surface area contributed by atoms with Gasteiger partial charge in [0.2, 0.25) is 0 Å². The van der Waals surface area contributed by atoms with Gasteiger partial charge in [-0.15, -0.1) is 0 Å². The van der Waals surface area contributed by atoms with Crippen molar-refractivity contribution in [3.63, 3.8) is 0 Å². The van der Waals surface area contributed by atoms with Gasteiger partial charge in [0.1, 0.15) is 5.75 Å². The molecule has 0 atom stereocenters. The van der Waals surface area contributed by atoms with Crippen molar-refractivity contribution < 1.29 is 9.53 Å². The third-order valence-electron chi connectivity index (χ3n) is 3.83. The molecule has 1 aromatic rings. The molecule has 1 aliphatic rings. The first-order chi connectivity index (χ1) is 9.65. The minimum Gasteiger partial charge on any atom is -0.494 e. The first-order valence-electron chi connectivity index (χ1n) is 7.40. The molecule has 1 saturated heterocycles. The molecular weight excluding hydrogens is 252 g/mol. The van der Waals surface area contributed by atoms with Gasteiger partial charge in [-0.25, -0.2) is 0 Å². The highest BCUT2D eigenvalue weighted by molar-refractivity contribution is 5.94. The predicted octanol–water partition coefficient (Wildman–Crippen LogP) is 2.17. The zero-order chi connectivity index (χ0) is 14.5. The molecule has 110 valence electrons. The Bertz CT molecular complexity index is 466. The Hall–Kier alpha value is -1.55. The van der Waals surface area contributed by atoms with Crippen LogP contribution in [0, 0.1) is 6.92 Å². The number of carbonyl (C=O) groups is 1. The van der Waals surface area contributed by atoms with Crippen LogP contribution in [-0.2, 0) is 0 Å². The van der Waals surface area contributed by atoms with Crippen LogP contribution in [-0.4, -0.2) is 55.0 Å². The Morgan fingerprint density at radius 3 is 2.45 bits per heavy atom. The molecule has 0 spiro atoms. The summed E-state index contributed by atoms with van der Waals surface area (Å²) in [4.78, 5) is 16.8. The van der Waals surface area contributed by atoms with Gasteiger partial charge in [0.05, 0.1) is 6.61 Å². The van der Waals surface area contributed by atoms with Crippen molar-refractivity contribution in [2.24, 2.45) is 0 Å². The van der Waals surface area contributed by atoms with Crippen LogP contribution in [0.4, 0.5) is 0 Å². The molecule has 1 heterocycles. The Kier molecular flexibility index (Phi) is 5.01.